The highest BCUT2D eigenvalue weighted by molar-refractivity contribution is 7.99. The Morgan fingerprint density at radius 3 is 2.94 bits per heavy atom. The lowest BCUT2D eigenvalue weighted by Crippen LogP contribution is -2.26. The van der Waals surface area contributed by atoms with E-state index in [0.717, 1.165) is 11.5 Å². The zero-order chi connectivity index (χ0) is 13.5. The zero-order valence-electron chi connectivity index (χ0n) is 10.3. The summed E-state index contributed by atoms with van der Waals surface area (Å²) in [5.74, 6) is 0.879. The minimum Gasteiger partial charge on any atom is -0.398 e. The number of nitrogens with two attached hydrogens (primary N) is 1. The Kier molecular flexibility index (Phi) is 5.71. The lowest BCUT2D eigenvalue weighted by Gasteiger charge is -2.07. The van der Waals surface area contributed by atoms with E-state index in [4.69, 9.17) is 5.73 Å². The van der Waals surface area contributed by atoms with Crippen LogP contribution in [0.4, 0.5) is 10.1 Å². The van der Waals surface area contributed by atoms with Crippen LogP contribution in [0.5, 0.6) is 0 Å². The fourth-order valence-corrected chi connectivity index (χ4v) is 1.92. The van der Waals surface area contributed by atoms with E-state index >= 15 is 0 Å². The number of carbonyl (C=O) groups excluding carboxylic acids is 1. The maximum atomic E-state index is 13.4. The molecule has 1 amide bonds. The van der Waals surface area contributed by atoms with Crippen LogP contribution in [-0.4, -0.2) is 24.0 Å². The first-order chi connectivity index (χ1) is 8.56. The molecule has 5 heteroatoms. The van der Waals surface area contributed by atoms with Gasteiger partial charge in [0, 0.05) is 34.9 Å². The van der Waals surface area contributed by atoms with E-state index in [0.29, 0.717) is 17.8 Å². The van der Waals surface area contributed by atoms with Crippen molar-refractivity contribution < 1.29 is 9.18 Å². The lowest BCUT2D eigenvalue weighted by molar-refractivity contribution is 0.0956. The standard InChI is InChI=1S/C13H17FN2OS/c1-3-5-18-6-4-16-13(17)10-7-11(14)9(2)12(15)8-10/h3,7-8H,1,4-6,15H2,2H3,(H,16,17). The summed E-state index contributed by atoms with van der Waals surface area (Å²) in [6.07, 6.45) is 1.81. The first kappa shape index (κ1) is 14.6. The summed E-state index contributed by atoms with van der Waals surface area (Å²) in [5, 5.41) is 2.72. The molecule has 0 saturated heterocycles. The van der Waals surface area contributed by atoms with E-state index in [1.807, 2.05) is 6.08 Å². The van der Waals surface area contributed by atoms with Gasteiger partial charge in [0.15, 0.2) is 0 Å². The van der Waals surface area contributed by atoms with Crippen molar-refractivity contribution in [2.24, 2.45) is 0 Å². The molecule has 0 bridgehead atoms. The predicted octanol–water partition coefficient (Wildman–Crippen LogP) is 2.37. The number of amides is 1. The van der Waals surface area contributed by atoms with Crippen LogP contribution in [0.2, 0.25) is 0 Å². The van der Waals surface area contributed by atoms with Gasteiger partial charge in [-0.1, -0.05) is 6.08 Å². The molecule has 98 valence electrons. The van der Waals surface area contributed by atoms with Crippen LogP contribution in [0.15, 0.2) is 24.8 Å². The molecule has 3 nitrogen and oxygen atoms in total. The molecule has 1 aromatic rings. The molecule has 1 rings (SSSR count). The third-order valence-corrected chi connectivity index (χ3v) is 3.38. The van der Waals surface area contributed by atoms with Crippen molar-refractivity contribution in [1.82, 2.24) is 5.32 Å². The molecule has 0 spiro atoms. The van der Waals surface area contributed by atoms with Crippen molar-refractivity contribution in [1.29, 1.82) is 0 Å². The number of hydrogen-bond acceptors (Lipinski definition) is 3. The van der Waals surface area contributed by atoms with E-state index in [1.165, 1.54) is 12.1 Å². The molecule has 18 heavy (non-hydrogen) atoms. The van der Waals surface area contributed by atoms with Crippen LogP contribution in [0, 0.1) is 12.7 Å². The van der Waals surface area contributed by atoms with Crippen LogP contribution in [0.25, 0.3) is 0 Å². The summed E-state index contributed by atoms with van der Waals surface area (Å²) < 4.78 is 13.4. The van der Waals surface area contributed by atoms with E-state index < -0.39 is 5.82 Å². The normalized spacial score (nSPS) is 10.1. The first-order valence-corrected chi connectivity index (χ1v) is 6.74. The molecular weight excluding hydrogens is 251 g/mol. The average molecular weight is 268 g/mol. The largest absolute Gasteiger partial charge is 0.398 e. The van der Waals surface area contributed by atoms with Gasteiger partial charge in [-0.05, 0) is 19.1 Å². The number of nitrogen functional groups attached to an aromatic ring is 1. The van der Waals surface area contributed by atoms with Gasteiger partial charge in [0.2, 0.25) is 0 Å². The number of nitrogens with one attached hydrogen (secondary N) is 1. The second kappa shape index (κ2) is 7.06. The molecule has 0 fully saturated rings. The van der Waals surface area contributed by atoms with Crippen LogP contribution in [-0.2, 0) is 0 Å². The fraction of sp³-hybridized carbons (Fsp3) is 0.308. The molecule has 0 saturated carbocycles. The predicted molar refractivity (Wildman–Crippen MR) is 75.4 cm³/mol. The highest BCUT2D eigenvalue weighted by Crippen LogP contribution is 2.17. The maximum absolute atomic E-state index is 13.4. The van der Waals surface area contributed by atoms with Gasteiger partial charge in [0.25, 0.3) is 5.91 Å². The van der Waals surface area contributed by atoms with Gasteiger partial charge in [-0.25, -0.2) is 4.39 Å². The van der Waals surface area contributed by atoms with Crippen molar-refractivity contribution in [3.05, 3.63) is 41.7 Å². The Labute approximate surface area is 111 Å². The Bertz CT molecular complexity index is 426. The molecular formula is C13H17FN2OS. The smallest absolute Gasteiger partial charge is 0.251 e. The molecule has 0 heterocycles. The number of hydrogen-bond donors (Lipinski definition) is 2. The third kappa shape index (κ3) is 4.07. The van der Waals surface area contributed by atoms with Crippen LogP contribution < -0.4 is 11.1 Å². The maximum Gasteiger partial charge on any atom is 0.251 e. The minimum atomic E-state index is -0.457. The summed E-state index contributed by atoms with van der Waals surface area (Å²) in [4.78, 5) is 11.7. The van der Waals surface area contributed by atoms with Gasteiger partial charge in [-0.3, -0.25) is 4.79 Å². The number of thioether (sulfide) groups is 1. The van der Waals surface area contributed by atoms with Gasteiger partial charge in [-0.15, -0.1) is 6.58 Å². The number of rotatable bonds is 6. The van der Waals surface area contributed by atoms with Gasteiger partial charge in [-0.2, -0.15) is 11.8 Å². The molecule has 0 radical (unpaired) electrons. The van der Waals surface area contributed by atoms with Crippen molar-refractivity contribution in [2.45, 2.75) is 6.92 Å². The quantitative estimate of drug-likeness (QED) is 0.473. The van der Waals surface area contributed by atoms with Gasteiger partial charge in [0.1, 0.15) is 5.82 Å². The van der Waals surface area contributed by atoms with Gasteiger partial charge >= 0.3 is 0 Å². The monoisotopic (exact) mass is 268 g/mol. The first-order valence-electron chi connectivity index (χ1n) is 5.58. The second-order valence-corrected chi connectivity index (χ2v) is 4.94. The second-order valence-electron chi connectivity index (χ2n) is 3.79. The average Bonchev–Trinajstić information content (AvgIpc) is 2.34. The molecule has 0 aliphatic rings. The molecule has 1 aromatic carbocycles. The summed E-state index contributed by atoms with van der Waals surface area (Å²) >= 11 is 1.67. The Morgan fingerprint density at radius 1 is 1.61 bits per heavy atom. The van der Waals surface area contributed by atoms with E-state index in [1.54, 1.807) is 18.7 Å². The Morgan fingerprint density at radius 2 is 2.33 bits per heavy atom. The lowest BCUT2D eigenvalue weighted by atomic mass is 10.1. The van der Waals surface area contributed by atoms with E-state index in [9.17, 15) is 9.18 Å². The van der Waals surface area contributed by atoms with Crippen LogP contribution in [0.3, 0.4) is 0 Å². The number of anilines is 1. The molecule has 3 N–H and O–H groups in total. The number of halogens is 1. The van der Waals surface area contributed by atoms with E-state index in [2.05, 4.69) is 11.9 Å². The molecule has 0 unspecified atom stereocenters. The molecule has 0 aromatic heterocycles. The van der Waals surface area contributed by atoms with Crippen molar-refractivity contribution >= 4 is 23.4 Å². The molecule has 0 aliphatic carbocycles. The highest BCUT2D eigenvalue weighted by atomic mass is 32.2. The SMILES string of the molecule is C=CCSCCNC(=O)c1cc(N)c(C)c(F)c1. The summed E-state index contributed by atoms with van der Waals surface area (Å²) in [6.45, 7) is 5.72. The Balaban J connectivity index is 2.54. The topological polar surface area (TPSA) is 55.1 Å². The third-order valence-electron chi connectivity index (χ3n) is 2.41. The summed E-state index contributed by atoms with van der Waals surface area (Å²) in [5.41, 5.74) is 6.53. The molecule has 0 aliphatic heterocycles. The highest BCUT2D eigenvalue weighted by Gasteiger charge is 2.10. The minimum absolute atomic E-state index is 0.254. The number of benzene rings is 1. The molecule has 0 atom stereocenters. The fourth-order valence-electron chi connectivity index (χ4n) is 1.34. The van der Waals surface area contributed by atoms with E-state index in [-0.39, 0.29) is 11.5 Å². The summed E-state index contributed by atoms with van der Waals surface area (Å²) in [6, 6.07) is 2.70. The van der Waals surface area contributed by atoms with Crippen molar-refractivity contribution in [3.63, 3.8) is 0 Å². The van der Waals surface area contributed by atoms with Gasteiger partial charge in [0.05, 0.1) is 0 Å². The van der Waals surface area contributed by atoms with Crippen molar-refractivity contribution in [3.8, 4) is 0 Å². The summed E-state index contributed by atoms with van der Waals surface area (Å²) in [7, 11) is 0. The number of carbonyl (C=O) groups is 1. The van der Waals surface area contributed by atoms with Crippen LogP contribution in [0.1, 0.15) is 15.9 Å². The van der Waals surface area contributed by atoms with Crippen molar-refractivity contribution in [2.75, 3.05) is 23.8 Å². The zero-order valence-corrected chi connectivity index (χ0v) is 11.1. The van der Waals surface area contributed by atoms with Gasteiger partial charge < -0.3 is 11.1 Å². The Hall–Kier alpha value is -1.49. The van der Waals surface area contributed by atoms with Crippen LogP contribution >= 0.6 is 11.8 Å².